The van der Waals surface area contributed by atoms with Crippen LogP contribution >= 0.6 is 0 Å². The molecule has 2 aromatic rings. The molecule has 24 heavy (non-hydrogen) atoms. The standard InChI is InChI=1S/C18H19N3O3/c1-12-7-8-17(21(23)24)14(9-12)18(22)20-10-15(16(19)11-20)13-5-3-2-4-6-13/h2-9,15-16H,10-11,19H2,1H3/t15-,16+/m0/s1. The third-order valence-electron chi connectivity index (χ3n) is 4.46. The molecule has 6 heteroatoms. The normalized spacial score (nSPS) is 20.2. The fourth-order valence-electron chi connectivity index (χ4n) is 3.20. The molecule has 1 saturated heterocycles. The van der Waals surface area contributed by atoms with Crippen LogP contribution < -0.4 is 5.73 Å². The second kappa shape index (κ2) is 6.41. The van der Waals surface area contributed by atoms with Gasteiger partial charge >= 0.3 is 0 Å². The zero-order valence-electron chi connectivity index (χ0n) is 13.4. The third-order valence-corrected chi connectivity index (χ3v) is 4.46. The van der Waals surface area contributed by atoms with E-state index in [1.54, 1.807) is 17.0 Å². The van der Waals surface area contributed by atoms with Crippen molar-refractivity contribution in [1.82, 2.24) is 4.90 Å². The Morgan fingerprint density at radius 1 is 1.21 bits per heavy atom. The first kappa shape index (κ1) is 16.1. The molecule has 1 heterocycles. The number of nitrogens with two attached hydrogens (primary N) is 1. The number of carbonyl (C=O) groups excluding carboxylic acids is 1. The van der Waals surface area contributed by atoms with Crippen molar-refractivity contribution in [2.75, 3.05) is 13.1 Å². The van der Waals surface area contributed by atoms with Crippen LogP contribution in [0.4, 0.5) is 5.69 Å². The smallest absolute Gasteiger partial charge is 0.282 e. The number of aryl methyl sites for hydroxylation is 1. The number of rotatable bonds is 3. The fraction of sp³-hybridized carbons (Fsp3) is 0.278. The highest BCUT2D eigenvalue weighted by Crippen LogP contribution is 2.29. The number of likely N-dealkylation sites (tertiary alicyclic amines) is 1. The summed E-state index contributed by atoms with van der Waals surface area (Å²) in [6.45, 7) is 2.67. The van der Waals surface area contributed by atoms with Gasteiger partial charge in [0.15, 0.2) is 0 Å². The number of nitro benzene ring substituents is 1. The van der Waals surface area contributed by atoms with Crippen LogP contribution in [-0.4, -0.2) is 34.9 Å². The predicted molar refractivity (Wildman–Crippen MR) is 90.9 cm³/mol. The van der Waals surface area contributed by atoms with Gasteiger partial charge in [0.1, 0.15) is 5.56 Å². The Hall–Kier alpha value is -2.73. The van der Waals surface area contributed by atoms with Crippen LogP contribution in [0.25, 0.3) is 0 Å². The highest BCUT2D eigenvalue weighted by atomic mass is 16.6. The Kier molecular flexibility index (Phi) is 4.31. The number of nitrogens with zero attached hydrogens (tertiary/aromatic N) is 2. The van der Waals surface area contributed by atoms with E-state index in [0.29, 0.717) is 13.1 Å². The predicted octanol–water partition coefficient (Wildman–Crippen LogP) is 2.47. The highest BCUT2D eigenvalue weighted by Gasteiger charge is 2.36. The average Bonchev–Trinajstić information content (AvgIpc) is 2.96. The minimum Gasteiger partial charge on any atom is -0.336 e. The summed E-state index contributed by atoms with van der Waals surface area (Å²) in [5, 5.41) is 11.2. The Morgan fingerprint density at radius 3 is 2.58 bits per heavy atom. The van der Waals surface area contributed by atoms with Crippen LogP contribution in [0.1, 0.15) is 27.4 Å². The molecular weight excluding hydrogens is 306 g/mol. The number of carbonyl (C=O) groups is 1. The summed E-state index contributed by atoms with van der Waals surface area (Å²) in [5.41, 5.74) is 8.07. The summed E-state index contributed by atoms with van der Waals surface area (Å²) in [6.07, 6.45) is 0. The number of nitro groups is 1. The fourth-order valence-corrected chi connectivity index (χ4v) is 3.20. The van der Waals surface area contributed by atoms with E-state index in [4.69, 9.17) is 5.73 Å². The highest BCUT2D eigenvalue weighted by molar-refractivity contribution is 5.98. The summed E-state index contributed by atoms with van der Waals surface area (Å²) in [4.78, 5) is 25.1. The Balaban J connectivity index is 1.87. The van der Waals surface area contributed by atoms with Gasteiger partial charge in [-0.1, -0.05) is 36.4 Å². The summed E-state index contributed by atoms with van der Waals surface area (Å²) in [7, 11) is 0. The number of benzene rings is 2. The zero-order chi connectivity index (χ0) is 17.3. The molecule has 1 fully saturated rings. The van der Waals surface area contributed by atoms with Gasteiger partial charge < -0.3 is 10.6 Å². The van der Waals surface area contributed by atoms with Crippen molar-refractivity contribution in [3.8, 4) is 0 Å². The SMILES string of the molecule is Cc1ccc([N+](=O)[O-])c(C(=O)N2C[C@@H](N)[C@H](c3ccccc3)C2)c1. The first-order chi connectivity index (χ1) is 11.5. The third kappa shape index (κ3) is 3.00. The van der Waals surface area contributed by atoms with E-state index in [1.807, 2.05) is 37.3 Å². The van der Waals surface area contributed by atoms with Gasteiger partial charge in [0.25, 0.3) is 11.6 Å². The second-order valence-electron chi connectivity index (χ2n) is 6.17. The van der Waals surface area contributed by atoms with Gasteiger partial charge in [-0.3, -0.25) is 14.9 Å². The lowest BCUT2D eigenvalue weighted by Crippen LogP contribution is -2.32. The Morgan fingerprint density at radius 2 is 1.92 bits per heavy atom. The van der Waals surface area contributed by atoms with Crippen molar-refractivity contribution in [3.63, 3.8) is 0 Å². The molecule has 2 atom stereocenters. The maximum absolute atomic E-state index is 12.8. The molecule has 0 bridgehead atoms. The van der Waals surface area contributed by atoms with Gasteiger partial charge in [-0.05, 0) is 24.1 Å². The van der Waals surface area contributed by atoms with Crippen LogP contribution in [0.5, 0.6) is 0 Å². The minimum atomic E-state index is -0.517. The Bertz CT molecular complexity index is 776. The maximum atomic E-state index is 12.8. The molecule has 2 N–H and O–H groups in total. The van der Waals surface area contributed by atoms with E-state index >= 15 is 0 Å². The topological polar surface area (TPSA) is 89.5 Å². The van der Waals surface area contributed by atoms with Crippen molar-refractivity contribution < 1.29 is 9.72 Å². The minimum absolute atomic E-state index is 0.0408. The van der Waals surface area contributed by atoms with E-state index in [-0.39, 0.29) is 29.1 Å². The molecule has 0 unspecified atom stereocenters. The average molecular weight is 325 g/mol. The first-order valence-corrected chi connectivity index (χ1v) is 7.82. The summed E-state index contributed by atoms with van der Waals surface area (Å²) in [5.74, 6) is -0.293. The molecule has 0 aromatic heterocycles. The molecule has 0 radical (unpaired) electrons. The van der Waals surface area contributed by atoms with Crippen LogP contribution in [-0.2, 0) is 0 Å². The number of hydrogen-bond donors (Lipinski definition) is 1. The molecule has 1 amide bonds. The van der Waals surface area contributed by atoms with Gasteiger partial charge in [0.05, 0.1) is 4.92 Å². The summed E-state index contributed by atoms with van der Waals surface area (Å²) in [6, 6.07) is 14.2. The van der Waals surface area contributed by atoms with Crippen molar-refractivity contribution in [2.45, 2.75) is 18.9 Å². The quantitative estimate of drug-likeness (QED) is 0.693. The second-order valence-corrected chi connectivity index (χ2v) is 6.17. The van der Waals surface area contributed by atoms with Crippen LogP contribution in [0, 0.1) is 17.0 Å². The molecule has 0 aliphatic carbocycles. The lowest BCUT2D eigenvalue weighted by Gasteiger charge is -2.17. The number of amides is 1. The molecule has 0 spiro atoms. The largest absolute Gasteiger partial charge is 0.336 e. The van der Waals surface area contributed by atoms with Crippen LogP contribution in [0.15, 0.2) is 48.5 Å². The van der Waals surface area contributed by atoms with E-state index in [9.17, 15) is 14.9 Å². The zero-order valence-corrected chi connectivity index (χ0v) is 13.4. The molecule has 1 aliphatic heterocycles. The lowest BCUT2D eigenvalue weighted by atomic mass is 9.95. The van der Waals surface area contributed by atoms with Gasteiger partial charge in [-0.15, -0.1) is 0 Å². The molecule has 6 nitrogen and oxygen atoms in total. The summed E-state index contributed by atoms with van der Waals surface area (Å²) < 4.78 is 0. The maximum Gasteiger partial charge on any atom is 0.282 e. The molecular formula is C18H19N3O3. The molecule has 124 valence electrons. The van der Waals surface area contributed by atoms with Gasteiger partial charge in [0.2, 0.25) is 0 Å². The first-order valence-electron chi connectivity index (χ1n) is 7.82. The molecule has 1 aliphatic rings. The van der Waals surface area contributed by atoms with Gasteiger partial charge in [0, 0.05) is 31.1 Å². The van der Waals surface area contributed by atoms with E-state index in [1.165, 1.54) is 6.07 Å². The van der Waals surface area contributed by atoms with E-state index in [2.05, 4.69) is 0 Å². The van der Waals surface area contributed by atoms with Gasteiger partial charge in [-0.25, -0.2) is 0 Å². The Labute approximate surface area is 140 Å². The number of hydrogen-bond acceptors (Lipinski definition) is 4. The lowest BCUT2D eigenvalue weighted by molar-refractivity contribution is -0.385. The van der Waals surface area contributed by atoms with Crippen molar-refractivity contribution in [3.05, 3.63) is 75.3 Å². The van der Waals surface area contributed by atoms with Gasteiger partial charge in [-0.2, -0.15) is 0 Å². The van der Waals surface area contributed by atoms with E-state index in [0.717, 1.165) is 11.1 Å². The molecule has 3 rings (SSSR count). The van der Waals surface area contributed by atoms with Crippen LogP contribution in [0.3, 0.4) is 0 Å². The van der Waals surface area contributed by atoms with Crippen molar-refractivity contribution >= 4 is 11.6 Å². The van der Waals surface area contributed by atoms with Crippen molar-refractivity contribution in [2.24, 2.45) is 5.73 Å². The van der Waals surface area contributed by atoms with E-state index < -0.39 is 4.92 Å². The monoisotopic (exact) mass is 325 g/mol. The van der Waals surface area contributed by atoms with Crippen LogP contribution in [0.2, 0.25) is 0 Å². The van der Waals surface area contributed by atoms with Crippen molar-refractivity contribution in [1.29, 1.82) is 0 Å². The summed E-state index contributed by atoms with van der Waals surface area (Å²) >= 11 is 0. The molecule has 0 saturated carbocycles. The molecule has 2 aromatic carbocycles.